The number of carbonyl (C=O) groups is 1. The molecule has 0 bridgehead atoms. The van der Waals surface area contributed by atoms with Crippen LogP contribution in [0.25, 0.3) is 0 Å². The number of carbonyl (C=O) groups excluding carboxylic acids is 1. The smallest absolute Gasteiger partial charge is 0.267 e. The number of likely N-dealkylation sites (tertiary alicyclic amines) is 1. The Bertz CT molecular complexity index is 450. The average Bonchev–Trinajstić information content (AvgIpc) is 2.67. The molecule has 1 N–H and O–H groups in total. The molecule has 21 heavy (non-hydrogen) atoms. The molecule has 118 valence electrons. The van der Waals surface area contributed by atoms with Crippen molar-refractivity contribution < 1.29 is 4.79 Å². The van der Waals surface area contributed by atoms with Crippen molar-refractivity contribution in [3.8, 4) is 0 Å². The van der Waals surface area contributed by atoms with Crippen LogP contribution >= 0.6 is 15.9 Å². The highest BCUT2D eigenvalue weighted by molar-refractivity contribution is 9.10. The SMILES string of the molecule is CCCn1cc(Br)cc1C(=O)NCCN1CCCCCC1. The fourth-order valence-electron chi connectivity index (χ4n) is 2.87. The van der Waals surface area contributed by atoms with E-state index in [2.05, 4.69) is 33.1 Å². The summed E-state index contributed by atoms with van der Waals surface area (Å²) in [5.74, 6) is 0.0315. The van der Waals surface area contributed by atoms with Gasteiger partial charge in [0, 0.05) is 30.3 Å². The highest BCUT2D eigenvalue weighted by Gasteiger charge is 2.13. The minimum absolute atomic E-state index is 0.0315. The van der Waals surface area contributed by atoms with Crippen molar-refractivity contribution in [3.63, 3.8) is 0 Å². The zero-order valence-electron chi connectivity index (χ0n) is 12.9. The van der Waals surface area contributed by atoms with Gasteiger partial charge in [0.05, 0.1) is 0 Å². The summed E-state index contributed by atoms with van der Waals surface area (Å²) < 4.78 is 2.99. The predicted octanol–water partition coefficient (Wildman–Crippen LogP) is 3.27. The third kappa shape index (κ3) is 5.15. The predicted molar refractivity (Wildman–Crippen MR) is 89.7 cm³/mol. The largest absolute Gasteiger partial charge is 0.349 e. The molecular formula is C16H26BrN3O. The summed E-state index contributed by atoms with van der Waals surface area (Å²) in [6.45, 7) is 7.03. The van der Waals surface area contributed by atoms with E-state index in [-0.39, 0.29) is 5.91 Å². The molecule has 0 atom stereocenters. The molecule has 1 fully saturated rings. The number of hydrogen-bond donors (Lipinski definition) is 1. The van der Waals surface area contributed by atoms with Gasteiger partial charge in [-0.25, -0.2) is 0 Å². The molecule has 2 rings (SSSR count). The van der Waals surface area contributed by atoms with Gasteiger partial charge >= 0.3 is 0 Å². The maximum absolute atomic E-state index is 12.3. The van der Waals surface area contributed by atoms with Gasteiger partial charge in [0.15, 0.2) is 0 Å². The van der Waals surface area contributed by atoms with E-state index in [4.69, 9.17) is 0 Å². The Morgan fingerprint density at radius 1 is 1.24 bits per heavy atom. The third-order valence-corrected chi connectivity index (χ3v) is 4.41. The highest BCUT2D eigenvalue weighted by Crippen LogP contribution is 2.15. The fourth-order valence-corrected chi connectivity index (χ4v) is 3.33. The zero-order valence-corrected chi connectivity index (χ0v) is 14.5. The van der Waals surface area contributed by atoms with E-state index in [9.17, 15) is 4.79 Å². The summed E-state index contributed by atoms with van der Waals surface area (Å²) in [5, 5.41) is 3.06. The topological polar surface area (TPSA) is 37.3 Å². The molecular weight excluding hydrogens is 330 g/mol. The van der Waals surface area contributed by atoms with Gasteiger partial charge in [0.1, 0.15) is 5.69 Å². The highest BCUT2D eigenvalue weighted by atomic mass is 79.9. The van der Waals surface area contributed by atoms with Gasteiger partial charge in [-0.15, -0.1) is 0 Å². The summed E-state index contributed by atoms with van der Waals surface area (Å²) in [7, 11) is 0. The molecule has 1 aliphatic rings. The first kappa shape index (κ1) is 16.6. The van der Waals surface area contributed by atoms with Gasteiger partial charge in [-0.05, 0) is 54.3 Å². The van der Waals surface area contributed by atoms with Crippen LogP contribution in [0.4, 0.5) is 0 Å². The van der Waals surface area contributed by atoms with Crippen molar-refractivity contribution >= 4 is 21.8 Å². The number of hydrogen-bond acceptors (Lipinski definition) is 2. The monoisotopic (exact) mass is 355 g/mol. The van der Waals surface area contributed by atoms with Crippen molar-refractivity contribution in [3.05, 3.63) is 22.4 Å². The van der Waals surface area contributed by atoms with E-state index in [1.54, 1.807) is 0 Å². The molecule has 1 saturated heterocycles. The molecule has 1 aliphatic heterocycles. The van der Waals surface area contributed by atoms with E-state index in [0.29, 0.717) is 0 Å². The Labute approximate surface area is 136 Å². The molecule has 1 aromatic rings. The minimum Gasteiger partial charge on any atom is -0.349 e. The van der Waals surface area contributed by atoms with Crippen LogP contribution in [0.15, 0.2) is 16.7 Å². The average molecular weight is 356 g/mol. The van der Waals surface area contributed by atoms with Crippen molar-refractivity contribution in [2.24, 2.45) is 0 Å². The molecule has 1 aromatic heterocycles. The second kappa shape index (κ2) is 8.59. The van der Waals surface area contributed by atoms with Crippen LogP contribution in [-0.4, -0.2) is 41.6 Å². The van der Waals surface area contributed by atoms with Crippen molar-refractivity contribution in [2.45, 2.75) is 45.6 Å². The molecule has 0 spiro atoms. The van der Waals surface area contributed by atoms with E-state index in [1.807, 2.05) is 16.8 Å². The van der Waals surface area contributed by atoms with Crippen molar-refractivity contribution in [1.82, 2.24) is 14.8 Å². The lowest BCUT2D eigenvalue weighted by molar-refractivity contribution is 0.0939. The number of nitrogens with one attached hydrogen (secondary N) is 1. The lowest BCUT2D eigenvalue weighted by Crippen LogP contribution is -2.36. The second-order valence-corrected chi connectivity index (χ2v) is 6.66. The Balaban J connectivity index is 1.81. The Morgan fingerprint density at radius 2 is 1.95 bits per heavy atom. The van der Waals surface area contributed by atoms with Crippen molar-refractivity contribution in [1.29, 1.82) is 0 Å². The number of rotatable bonds is 6. The molecule has 5 heteroatoms. The van der Waals surface area contributed by atoms with Gasteiger partial charge in [0.2, 0.25) is 0 Å². The summed E-state index contributed by atoms with van der Waals surface area (Å²) in [6.07, 6.45) is 8.28. The van der Waals surface area contributed by atoms with Gasteiger partial charge < -0.3 is 14.8 Å². The summed E-state index contributed by atoms with van der Waals surface area (Å²) in [6, 6.07) is 1.90. The fraction of sp³-hybridized carbons (Fsp3) is 0.688. The van der Waals surface area contributed by atoms with Gasteiger partial charge in [0.25, 0.3) is 5.91 Å². The number of aryl methyl sites for hydroxylation is 1. The van der Waals surface area contributed by atoms with Crippen LogP contribution in [0.3, 0.4) is 0 Å². The first-order valence-corrected chi connectivity index (χ1v) is 8.86. The zero-order chi connectivity index (χ0) is 15.1. The maximum Gasteiger partial charge on any atom is 0.267 e. The van der Waals surface area contributed by atoms with Crippen LogP contribution in [0.1, 0.15) is 49.5 Å². The molecule has 4 nitrogen and oxygen atoms in total. The third-order valence-electron chi connectivity index (χ3n) is 3.97. The van der Waals surface area contributed by atoms with Crippen LogP contribution in [-0.2, 0) is 6.54 Å². The Hall–Kier alpha value is -0.810. The number of halogens is 1. The van der Waals surface area contributed by atoms with Crippen LogP contribution in [0.5, 0.6) is 0 Å². The summed E-state index contributed by atoms with van der Waals surface area (Å²) in [4.78, 5) is 14.8. The summed E-state index contributed by atoms with van der Waals surface area (Å²) in [5.41, 5.74) is 0.750. The number of aromatic nitrogens is 1. The van der Waals surface area contributed by atoms with Gasteiger partial charge in [-0.3, -0.25) is 4.79 Å². The van der Waals surface area contributed by atoms with E-state index in [1.165, 1.54) is 38.8 Å². The molecule has 0 unspecified atom stereocenters. The standard InChI is InChI=1S/C16H26BrN3O/c1-2-8-20-13-14(17)12-15(20)16(21)18-7-11-19-9-5-3-4-6-10-19/h12-13H,2-11H2,1H3,(H,18,21). The summed E-state index contributed by atoms with van der Waals surface area (Å²) >= 11 is 3.45. The molecule has 0 aliphatic carbocycles. The maximum atomic E-state index is 12.3. The minimum atomic E-state index is 0.0315. The van der Waals surface area contributed by atoms with Gasteiger partial charge in [-0.2, -0.15) is 0 Å². The Kier molecular flexibility index (Phi) is 6.77. The second-order valence-electron chi connectivity index (χ2n) is 5.75. The lowest BCUT2D eigenvalue weighted by atomic mass is 10.2. The molecule has 2 heterocycles. The first-order valence-electron chi connectivity index (χ1n) is 8.07. The van der Waals surface area contributed by atoms with E-state index in [0.717, 1.165) is 36.2 Å². The number of nitrogens with zero attached hydrogens (tertiary/aromatic N) is 2. The van der Waals surface area contributed by atoms with Crippen molar-refractivity contribution in [2.75, 3.05) is 26.2 Å². The van der Waals surface area contributed by atoms with E-state index < -0.39 is 0 Å². The molecule has 0 saturated carbocycles. The van der Waals surface area contributed by atoms with Crippen LogP contribution in [0, 0.1) is 0 Å². The first-order chi connectivity index (χ1) is 10.2. The van der Waals surface area contributed by atoms with Crippen LogP contribution < -0.4 is 5.32 Å². The quantitative estimate of drug-likeness (QED) is 0.850. The number of amides is 1. The van der Waals surface area contributed by atoms with E-state index >= 15 is 0 Å². The molecule has 1 amide bonds. The molecule has 0 aromatic carbocycles. The lowest BCUT2D eigenvalue weighted by Gasteiger charge is -2.19. The molecule has 0 radical (unpaired) electrons. The van der Waals surface area contributed by atoms with Crippen LogP contribution in [0.2, 0.25) is 0 Å². The van der Waals surface area contributed by atoms with Gasteiger partial charge in [-0.1, -0.05) is 19.8 Å². The Morgan fingerprint density at radius 3 is 2.62 bits per heavy atom. The normalized spacial score (nSPS) is 16.7.